The van der Waals surface area contributed by atoms with Crippen LogP contribution >= 0.6 is 0 Å². The Morgan fingerprint density at radius 3 is 2.53 bits per heavy atom. The average Bonchev–Trinajstić information content (AvgIpc) is 2.36. The van der Waals surface area contributed by atoms with E-state index in [-0.39, 0.29) is 5.97 Å². The predicted octanol–water partition coefficient (Wildman–Crippen LogP) is 1.05. The molecule has 0 aromatic heterocycles. The third kappa shape index (κ3) is 4.54. The first kappa shape index (κ1) is 15.5. The van der Waals surface area contributed by atoms with E-state index in [1.165, 1.54) is 7.11 Å². The SMILES string of the molecule is COC(=O)c1c(N)cccc1CN(C)CCN(C)C. The number of anilines is 1. The van der Waals surface area contributed by atoms with Crippen molar-refractivity contribution >= 4 is 11.7 Å². The first-order chi connectivity index (χ1) is 8.95. The fraction of sp³-hybridized carbons (Fsp3) is 0.500. The summed E-state index contributed by atoms with van der Waals surface area (Å²) < 4.78 is 4.79. The molecule has 0 atom stereocenters. The molecule has 5 heteroatoms. The second-order valence-corrected chi connectivity index (χ2v) is 4.91. The van der Waals surface area contributed by atoms with Crippen molar-refractivity contribution < 1.29 is 9.53 Å². The van der Waals surface area contributed by atoms with E-state index in [2.05, 4.69) is 9.80 Å². The molecule has 19 heavy (non-hydrogen) atoms. The van der Waals surface area contributed by atoms with Crippen LogP contribution in [0.4, 0.5) is 5.69 Å². The van der Waals surface area contributed by atoms with E-state index in [9.17, 15) is 4.79 Å². The van der Waals surface area contributed by atoms with Gasteiger partial charge < -0.3 is 20.3 Å². The van der Waals surface area contributed by atoms with Crippen molar-refractivity contribution in [3.63, 3.8) is 0 Å². The zero-order valence-electron chi connectivity index (χ0n) is 12.1. The van der Waals surface area contributed by atoms with Gasteiger partial charge in [-0.05, 0) is 32.8 Å². The molecular weight excluding hydrogens is 242 g/mol. The molecule has 0 aliphatic carbocycles. The van der Waals surface area contributed by atoms with E-state index in [1.54, 1.807) is 6.07 Å². The summed E-state index contributed by atoms with van der Waals surface area (Å²) in [7, 11) is 7.46. The van der Waals surface area contributed by atoms with E-state index in [1.807, 2.05) is 33.3 Å². The topological polar surface area (TPSA) is 58.8 Å². The van der Waals surface area contributed by atoms with Crippen molar-refractivity contribution in [1.82, 2.24) is 9.80 Å². The van der Waals surface area contributed by atoms with Gasteiger partial charge in [-0.15, -0.1) is 0 Å². The van der Waals surface area contributed by atoms with Crippen molar-refractivity contribution in [2.75, 3.05) is 47.1 Å². The molecule has 0 aliphatic rings. The summed E-state index contributed by atoms with van der Waals surface area (Å²) in [5.41, 5.74) is 7.70. The Balaban J connectivity index is 2.83. The standard InChI is InChI=1S/C14H23N3O2/c1-16(2)8-9-17(3)10-11-6-5-7-12(15)13(11)14(18)19-4/h5-7H,8-10,15H2,1-4H3. The Morgan fingerprint density at radius 1 is 1.26 bits per heavy atom. The molecule has 1 rings (SSSR count). The summed E-state index contributed by atoms with van der Waals surface area (Å²) in [5, 5.41) is 0. The molecule has 1 aromatic carbocycles. The molecule has 2 N–H and O–H groups in total. The molecule has 0 saturated carbocycles. The number of hydrogen-bond donors (Lipinski definition) is 1. The van der Waals surface area contributed by atoms with Crippen molar-refractivity contribution in [1.29, 1.82) is 0 Å². The number of carbonyl (C=O) groups excluding carboxylic acids is 1. The Morgan fingerprint density at radius 2 is 1.95 bits per heavy atom. The second kappa shape index (κ2) is 7.11. The van der Waals surface area contributed by atoms with Gasteiger partial charge in [-0.25, -0.2) is 4.79 Å². The van der Waals surface area contributed by atoms with Crippen LogP contribution in [0, 0.1) is 0 Å². The van der Waals surface area contributed by atoms with Crippen LogP contribution in [0.1, 0.15) is 15.9 Å². The summed E-state index contributed by atoms with van der Waals surface area (Å²) in [4.78, 5) is 16.0. The molecule has 0 aliphatic heterocycles. The smallest absolute Gasteiger partial charge is 0.340 e. The van der Waals surface area contributed by atoms with E-state index >= 15 is 0 Å². The number of carbonyl (C=O) groups is 1. The quantitative estimate of drug-likeness (QED) is 0.615. The maximum atomic E-state index is 11.8. The van der Waals surface area contributed by atoms with Crippen molar-refractivity contribution in [2.45, 2.75) is 6.54 Å². The number of ether oxygens (including phenoxy) is 1. The third-order valence-corrected chi connectivity index (χ3v) is 2.94. The first-order valence-electron chi connectivity index (χ1n) is 6.24. The summed E-state index contributed by atoms with van der Waals surface area (Å²) >= 11 is 0. The minimum atomic E-state index is -0.380. The first-order valence-corrected chi connectivity index (χ1v) is 6.24. The fourth-order valence-electron chi connectivity index (χ4n) is 1.84. The van der Waals surface area contributed by atoms with Gasteiger partial charge in [-0.2, -0.15) is 0 Å². The van der Waals surface area contributed by atoms with Gasteiger partial charge in [0, 0.05) is 25.3 Å². The lowest BCUT2D eigenvalue weighted by atomic mass is 10.1. The molecule has 0 radical (unpaired) electrons. The highest BCUT2D eigenvalue weighted by atomic mass is 16.5. The number of hydrogen-bond acceptors (Lipinski definition) is 5. The molecule has 0 spiro atoms. The molecule has 106 valence electrons. The summed E-state index contributed by atoms with van der Waals surface area (Å²) in [5.74, 6) is -0.380. The average molecular weight is 265 g/mol. The van der Waals surface area contributed by atoms with Crippen LogP contribution in [-0.2, 0) is 11.3 Å². The number of methoxy groups -OCH3 is 1. The number of nitrogens with zero attached hydrogens (tertiary/aromatic N) is 2. The zero-order chi connectivity index (χ0) is 14.4. The summed E-state index contributed by atoms with van der Waals surface area (Å²) in [6.07, 6.45) is 0. The third-order valence-electron chi connectivity index (χ3n) is 2.94. The zero-order valence-corrected chi connectivity index (χ0v) is 12.1. The van der Waals surface area contributed by atoms with Gasteiger partial charge in [0.15, 0.2) is 0 Å². The molecule has 0 fully saturated rings. The Hall–Kier alpha value is -1.59. The van der Waals surface area contributed by atoms with Gasteiger partial charge in [-0.1, -0.05) is 12.1 Å². The maximum Gasteiger partial charge on any atom is 0.340 e. The molecule has 0 amide bonds. The van der Waals surface area contributed by atoms with E-state index in [4.69, 9.17) is 10.5 Å². The van der Waals surface area contributed by atoms with E-state index in [0.29, 0.717) is 17.8 Å². The Labute approximate surface area is 114 Å². The van der Waals surface area contributed by atoms with E-state index in [0.717, 1.165) is 18.7 Å². The van der Waals surface area contributed by atoms with Crippen LogP contribution in [-0.4, -0.2) is 57.1 Å². The Bertz CT molecular complexity index is 433. The van der Waals surface area contributed by atoms with E-state index < -0.39 is 0 Å². The monoisotopic (exact) mass is 265 g/mol. The number of nitrogens with two attached hydrogens (primary N) is 1. The minimum Gasteiger partial charge on any atom is -0.465 e. The van der Waals surface area contributed by atoms with Gasteiger partial charge in [0.05, 0.1) is 12.7 Å². The fourth-order valence-corrected chi connectivity index (χ4v) is 1.84. The van der Waals surface area contributed by atoms with Gasteiger partial charge in [-0.3, -0.25) is 0 Å². The van der Waals surface area contributed by atoms with Crippen LogP contribution in [0.2, 0.25) is 0 Å². The van der Waals surface area contributed by atoms with Crippen molar-refractivity contribution in [3.8, 4) is 0 Å². The number of nitrogen functional groups attached to an aromatic ring is 1. The lowest BCUT2D eigenvalue weighted by Gasteiger charge is -2.20. The predicted molar refractivity (Wildman–Crippen MR) is 77.1 cm³/mol. The lowest BCUT2D eigenvalue weighted by Crippen LogP contribution is -2.29. The molecule has 0 bridgehead atoms. The summed E-state index contributed by atoms with van der Waals surface area (Å²) in [6, 6.07) is 5.49. The molecule has 0 saturated heterocycles. The minimum absolute atomic E-state index is 0.380. The highest BCUT2D eigenvalue weighted by Crippen LogP contribution is 2.19. The normalized spacial score (nSPS) is 11.1. The molecule has 0 unspecified atom stereocenters. The van der Waals surface area contributed by atoms with Crippen molar-refractivity contribution in [3.05, 3.63) is 29.3 Å². The largest absolute Gasteiger partial charge is 0.465 e. The molecular formula is C14H23N3O2. The number of esters is 1. The molecule has 5 nitrogen and oxygen atoms in total. The van der Waals surface area contributed by atoms with Gasteiger partial charge in [0.2, 0.25) is 0 Å². The number of benzene rings is 1. The lowest BCUT2D eigenvalue weighted by molar-refractivity contribution is 0.0599. The van der Waals surface area contributed by atoms with Gasteiger partial charge in [0.25, 0.3) is 0 Å². The van der Waals surface area contributed by atoms with Crippen molar-refractivity contribution in [2.24, 2.45) is 0 Å². The maximum absolute atomic E-state index is 11.8. The highest BCUT2D eigenvalue weighted by molar-refractivity contribution is 5.96. The number of likely N-dealkylation sites (N-methyl/N-ethyl adjacent to an activating group) is 2. The van der Waals surface area contributed by atoms with Crippen LogP contribution in [0.15, 0.2) is 18.2 Å². The van der Waals surface area contributed by atoms with Crippen LogP contribution in [0.5, 0.6) is 0 Å². The van der Waals surface area contributed by atoms with Gasteiger partial charge in [0.1, 0.15) is 0 Å². The van der Waals surface area contributed by atoms with Crippen LogP contribution in [0.3, 0.4) is 0 Å². The molecule has 0 heterocycles. The van der Waals surface area contributed by atoms with Gasteiger partial charge >= 0.3 is 5.97 Å². The summed E-state index contributed by atoms with van der Waals surface area (Å²) in [6.45, 7) is 2.55. The van der Waals surface area contributed by atoms with Crippen LogP contribution < -0.4 is 5.73 Å². The van der Waals surface area contributed by atoms with Crippen LogP contribution in [0.25, 0.3) is 0 Å². The highest BCUT2D eigenvalue weighted by Gasteiger charge is 2.16. The second-order valence-electron chi connectivity index (χ2n) is 4.91. The number of rotatable bonds is 6. The molecule has 1 aromatic rings. The Kier molecular flexibility index (Phi) is 5.79.